The molecule has 1 aliphatic rings. The van der Waals surface area contributed by atoms with Gasteiger partial charge in [0.05, 0.1) is 18.8 Å². The van der Waals surface area contributed by atoms with Crippen molar-refractivity contribution in [3.8, 4) is 0 Å². The minimum atomic E-state index is -2.70. The van der Waals surface area contributed by atoms with Gasteiger partial charge in [0.25, 0.3) is 5.79 Å². The molecule has 0 aliphatic carbocycles. The molecule has 9 heteroatoms. The number of aliphatic hydroxyl groups excluding tert-OH is 4. The fourth-order valence-electron chi connectivity index (χ4n) is 1.75. The largest absolute Gasteiger partial charge is 0.477 e. The highest BCUT2D eigenvalue weighted by atomic mass is 16.7. The first-order valence-corrected chi connectivity index (χ1v) is 5.27. The molecule has 0 radical (unpaired) electrons. The maximum absolute atomic E-state index is 10.8. The van der Waals surface area contributed by atoms with Crippen LogP contribution >= 0.6 is 0 Å². The van der Waals surface area contributed by atoms with Gasteiger partial charge in [-0.15, -0.1) is 0 Å². The minimum absolute atomic E-state index is 0.665. The molecule has 0 aromatic heterocycles. The van der Waals surface area contributed by atoms with Gasteiger partial charge in [0.15, 0.2) is 0 Å². The summed E-state index contributed by atoms with van der Waals surface area (Å²) in [6.45, 7) is -0.810. The van der Waals surface area contributed by atoms with E-state index in [1.54, 1.807) is 0 Å². The van der Waals surface area contributed by atoms with Crippen LogP contribution in [-0.4, -0.2) is 79.5 Å². The lowest BCUT2D eigenvalue weighted by Gasteiger charge is -2.43. The highest BCUT2D eigenvalue weighted by Gasteiger charge is 2.52. The molecular formula is C9H17NO8. The number of ether oxygens (including phenoxy) is 1. The van der Waals surface area contributed by atoms with Gasteiger partial charge in [0.2, 0.25) is 0 Å². The molecule has 1 saturated heterocycles. The van der Waals surface area contributed by atoms with E-state index < -0.39 is 55.2 Å². The van der Waals surface area contributed by atoms with E-state index in [9.17, 15) is 25.2 Å². The van der Waals surface area contributed by atoms with E-state index >= 15 is 0 Å². The van der Waals surface area contributed by atoms with Crippen molar-refractivity contribution in [3.05, 3.63) is 0 Å². The summed E-state index contributed by atoms with van der Waals surface area (Å²) >= 11 is 0. The van der Waals surface area contributed by atoms with Crippen LogP contribution in [0.2, 0.25) is 0 Å². The van der Waals surface area contributed by atoms with E-state index in [-0.39, 0.29) is 0 Å². The van der Waals surface area contributed by atoms with Gasteiger partial charge < -0.3 is 41.1 Å². The standard InChI is InChI=1S/C9H17NO8/c10-5-3(12)1-9(17,8(15)16)18-7(5)6(14)4(13)2-11/h3-7,11-14,17H,1-2,10H2,(H,15,16)/t3-,4?,5-,6+,7?,9-/m1/s1. The number of hydrogen-bond donors (Lipinski definition) is 7. The molecule has 1 heterocycles. The Morgan fingerprint density at radius 1 is 1.50 bits per heavy atom. The molecule has 8 N–H and O–H groups in total. The van der Waals surface area contributed by atoms with Gasteiger partial charge in [-0.2, -0.15) is 0 Å². The summed E-state index contributed by atoms with van der Waals surface area (Å²) in [4.78, 5) is 10.8. The second kappa shape index (κ2) is 5.45. The normalized spacial score (nSPS) is 40.2. The smallest absolute Gasteiger partial charge is 0.364 e. The van der Waals surface area contributed by atoms with Crippen LogP contribution in [0.15, 0.2) is 0 Å². The topological polar surface area (TPSA) is 174 Å². The lowest BCUT2D eigenvalue weighted by Crippen LogP contribution is -2.65. The van der Waals surface area contributed by atoms with Crippen molar-refractivity contribution in [2.24, 2.45) is 5.73 Å². The number of aliphatic carboxylic acids is 1. The van der Waals surface area contributed by atoms with E-state index in [2.05, 4.69) is 0 Å². The van der Waals surface area contributed by atoms with Crippen LogP contribution in [0.3, 0.4) is 0 Å². The molecular weight excluding hydrogens is 250 g/mol. The zero-order valence-electron chi connectivity index (χ0n) is 9.38. The summed E-state index contributed by atoms with van der Waals surface area (Å²) in [6.07, 6.45) is -7.01. The van der Waals surface area contributed by atoms with Crippen LogP contribution < -0.4 is 5.73 Å². The van der Waals surface area contributed by atoms with Crippen LogP contribution in [0.1, 0.15) is 6.42 Å². The summed E-state index contributed by atoms with van der Waals surface area (Å²) < 4.78 is 4.75. The molecule has 0 saturated carbocycles. The number of rotatable bonds is 4. The third-order valence-electron chi connectivity index (χ3n) is 2.89. The second-order valence-corrected chi connectivity index (χ2v) is 4.26. The Morgan fingerprint density at radius 3 is 2.50 bits per heavy atom. The highest BCUT2D eigenvalue weighted by Crippen LogP contribution is 2.29. The molecule has 0 aromatic rings. The van der Waals surface area contributed by atoms with Crippen molar-refractivity contribution >= 4 is 5.97 Å². The van der Waals surface area contributed by atoms with E-state index in [1.807, 2.05) is 0 Å². The average molecular weight is 267 g/mol. The lowest BCUT2D eigenvalue weighted by molar-refractivity contribution is -0.292. The van der Waals surface area contributed by atoms with Crippen molar-refractivity contribution in [3.63, 3.8) is 0 Å². The second-order valence-electron chi connectivity index (χ2n) is 4.26. The summed E-state index contributed by atoms with van der Waals surface area (Å²) in [7, 11) is 0. The Kier molecular flexibility index (Phi) is 4.61. The Bertz CT molecular complexity index is 313. The van der Waals surface area contributed by atoms with Gasteiger partial charge >= 0.3 is 5.97 Å². The zero-order valence-corrected chi connectivity index (χ0v) is 9.38. The number of carbonyl (C=O) groups is 1. The van der Waals surface area contributed by atoms with Gasteiger partial charge in [-0.05, 0) is 0 Å². The van der Waals surface area contributed by atoms with Crippen LogP contribution in [0.5, 0.6) is 0 Å². The number of nitrogens with two attached hydrogens (primary N) is 1. The maximum Gasteiger partial charge on any atom is 0.364 e. The fourth-order valence-corrected chi connectivity index (χ4v) is 1.75. The van der Waals surface area contributed by atoms with Crippen molar-refractivity contribution in [1.82, 2.24) is 0 Å². The molecule has 1 rings (SSSR count). The summed E-state index contributed by atoms with van der Waals surface area (Å²) in [6, 6.07) is -1.21. The molecule has 0 aromatic carbocycles. The van der Waals surface area contributed by atoms with Gasteiger partial charge in [-0.3, -0.25) is 0 Å². The first-order valence-electron chi connectivity index (χ1n) is 5.27. The van der Waals surface area contributed by atoms with E-state index in [1.165, 1.54) is 0 Å². The molecule has 1 fully saturated rings. The highest BCUT2D eigenvalue weighted by molar-refractivity contribution is 5.75. The minimum Gasteiger partial charge on any atom is -0.477 e. The van der Waals surface area contributed by atoms with Crippen molar-refractivity contribution in [2.45, 2.75) is 42.7 Å². The predicted octanol–water partition coefficient (Wildman–Crippen LogP) is -4.05. The van der Waals surface area contributed by atoms with Gasteiger partial charge in [-0.25, -0.2) is 4.79 Å². The maximum atomic E-state index is 10.8. The third-order valence-corrected chi connectivity index (χ3v) is 2.89. The van der Waals surface area contributed by atoms with Crippen LogP contribution in [0, 0.1) is 0 Å². The van der Waals surface area contributed by atoms with Crippen LogP contribution in [0.4, 0.5) is 0 Å². The quantitative estimate of drug-likeness (QED) is 0.267. The fraction of sp³-hybridized carbons (Fsp3) is 0.889. The molecule has 2 unspecified atom stereocenters. The Morgan fingerprint density at radius 2 is 2.06 bits per heavy atom. The third kappa shape index (κ3) is 2.78. The summed E-state index contributed by atoms with van der Waals surface area (Å²) in [5, 5.41) is 55.5. The first-order chi connectivity index (χ1) is 8.23. The van der Waals surface area contributed by atoms with Crippen molar-refractivity contribution in [1.29, 1.82) is 0 Å². The van der Waals surface area contributed by atoms with Gasteiger partial charge in [0.1, 0.15) is 18.3 Å². The number of aliphatic hydroxyl groups is 5. The Balaban J connectivity index is 2.92. The zero-order chi connectivity index (χ0) is 14.1. The Labute approximate surface area is 102 Å². The molecule has 6 atom stereocenters. The van der Waals surface area contributed by atoms with Gasteiger partial charge in [-0.1, -0.05) is 0 Å². The van der Waals surface area contributed by atoms with E-state index in [4.69, 9.17) is 20.7 Å². The van der Waals surface area contributed by atoms with Crippen LogP contribution in [-0.2, 0) is 9.53 Å². The molecule has 1 aliphatic heterocycles. The van der Waals surface area contributed by atoms with Gasteiger partial charge in [0, 0.05) is 6.42 Å². The lowest BCUT2D eigenvalue weighted by atomic mass is 9.89. The first kappa shape index (κ1) is 15.2. The molecule has 0 amide bonds. The number of carboxylic acid groups (broad SMARTS) is 1. The summed E-state index contributed by atoms with van der Waals surface area (Å²) in [5.41, 5.74) is 5.51. The van der Waals surface area contributed by atoms with E-state index in [0.717, 1.165) is 0 Å². The number of hydrogen-bond acceptors (Lipinski definition) is 8. The van der Waals surface area contributed by atoms with Crippen molar-refractivity contribution < 1.29 is 40.2 Å². The molecule has 0 bridgehead atoms. The van der Waals surface area contributed by atoms with Crippen LogP contribution in [0.25, 0.3) is 0 Å². The van der Waals surface area contributed by atoms with Crippen molar-refractivity contribution in [2.75, 3.05) is 6.61 Å². The molecule has 0 spiro atoms. The summed E-state index contributed by atoms with van der Waals surface area (Å²) in [5.74, 6) is -4.44. The number of carboxylic acids is 1. The SMILES string of the molecule is N[C@H]1C([C@@H](O)C(O)CO)O[C@@](O)(C(=O)O)C[C@H]1O. The average Bonchev–Trinajstić information content (AvgIpc) is 2.31. The predicted molar refractivity (Wildman–Crippen MR) is 55.2 cm³/mol. The molecule has 9 nitrogen and oxygen atoms in total. The molecule has 106 valence electrons. The molecule has 18 heavy (non-hydrogen) atoms. The van der Waals surface area contributed by atoms with E-state index in [0.29, 0.717) is 0 Å². The monoisotopic (exact) mass is 267 g/mol. The Hall–Kier alpha value is -0.810.